The van der Waals surface area contributed by atoms with Crippen LogP contribution < -0.4 is 4.90 Å². The maximum absolute atomic E-state index is 2.40. The van der Waals surface area contributed by atoms with E-state index in [2.05, 4.69) is 241 Å². The van der Waals surface area contributed by atoms with Crippen molar-refractivity contribution in [3.05, 3.63) is 237 Å². The van der Waals surface area contributed by atoms with Gasteiger partial charge in [-0.25, -0.2) is 0 Å². The minimum absolute atomic E-state index is 1.09. The average Bonchev–Trinajstić information content (AvgIpc) is 3.28. The summed E-state index contributed by atoms with van der Waals surface area (Å²) in [5.74, 6) is 0. The van der Waals surface area contributed by atoms with E-state index in [-0.39, 0.29) is 0 Å². The quantitative estimate of drug-likeness (QED) is 0.145. The molecule has 0 aliphatic carbocycles. The second-order valence-electron chi connectivity index (χ2n) is 13.8. The van der Waals surface area contributed by atoms with Crippen molar-refractivity contribution >= 4 is 17.1 Å². The van der Waals surface area contributed by atoms with Crippen LogP contribution in [0.15, 0.2) is 237 Å². The molecule has 260 valence electrons. The maximum Gasteiger partial charge on any atom is 0.0540 e. The molecule has 9 aromatic rings. The molecule has 1 heteroatoms. The molecule has 0 amide bonds. The normalized spacial score (nSPS) is 10.9. The lowest BCUT2D eigenvalue weighted by Gasteiger charge is -2.29. The standard InChI is InChI=1S/C54H39N/c1-6-16-40(17-7-1)43-26-32-49(33-27-43)55(50-34-28-44(29-35-50)41-18-8-2-9-19-41)54-37-31-48(39-53(54)46-24-14-5-15-25-46)52-38-47(42-20-10-3-11-21-42)30-36-51(52)45-22-12-4-13-23-45/h1-39H. The molecule has 0 radical (unpaired) electrons. The lowest BCUT2D eigenvalue weighted by molar-refractivity contribution is 1.28. The van der Waals surface area contributed by atoms with Gasteiger partial charge in [-0.15, -0.1) is 0 Å². The summed E-state index contributed by atoms with van der Waals surface area (Å²) in [6.07, 6.45) is 0. The fraction of sp³-hybridized carbons (Fsp3) is 0. The van der Waals surface area contributed by atoms with Gasteiger partial charge in [-0.2, -0.15) is 0 Å². The van der Waals surface area contributed by atoms with Crippen LogP contribution in [0.1, 0.15) is 0 Å². The van der Waals surface area contributed by atoms with Gasteiger partial charge in [-0.3, -0.25) is 0 Å². The second-order valence-corrected chi connectivity index (χ2v) is 13.8. The molecule has 0 aromatic heterocycles. The number of rotatable bonds is 9. The molecule has 0 bridgehead atoms. The zero-order valence-corrected chi connectivity index (χ0v) is 30.5. The molecular formula is C54H39N. The van der Waals surface area contributed by atoms with E-state index in [0.717, 1.165) is 33.8 Å². The van der Waals surface area contributed by atoms with E-state index in [9.17, 15) is 0 Å². The van der Waals surface area contributed by atoms with Crippen LogP contribution in [0.3, 0.4) is 0 Å². The first kappa shape index (κ1) is 33.6. The molecule has 0 aliphatic rings. The van der Waals surface area contributed by atoms with Crippen molar-refractivity contribution in [1.82, 2.24) is 0 Å². The molecule has 0 saturated heterocycles. The van der Waals surface area contributed by atoms with Crippen LogP contribution in [0.25, 0.3) is 66.8 Å². The predicted octanol–water partition coefficient (Wildman–Crippen LogP) is 15.2. The average molecular weight is 702 g/mol. The second kappa shape index (κ2) is 15.4. The van der Waals surface area contributed by atoms with Gasteiger partial charge in [0, 0.05) is 16.9 Å². The van der Waals surface area contributed by atoms with Crippen LogP contribution in [0.5, 0.6) is 0 Å². The number of hydrogen-bond acceptors (Lipinski definition) is 1. The van der Waals surface area contributed by atoms with Crippen LogP contribution in [-0.2, 0) is 0 Å². The Balaban J connectivity index is 1.23. The fourth-order valence-electron chi connectivity index (χ4n) is 7.50. The first-order valence-corrected chi connectivity index (χ1v) is 18.8. The zero-order chi connectivity index (χ0) is 36.8. The highest BCUT2D eigenvalue weighted by molar-refractivity contribution is 5.94. The van der Waals surface area contributed by atoms with Crippen LogP contribution in [0, 0.1) is 0 Å². The molecule has 1 nitrogen and oxygen atoms in total. The summed E-state index contributed by atoms with van der Waals surface area (Å²) in [7, 11) is 0. The summed E-state index contributed by atoms with van der Waals surface area (Å²) in [5.41, 5.74) is 17.5. The van der Waals surface area contributed by atoms with Crippen molar-refractivity contribution in [2.75, 3.05) is 4.90 Å². The maximum atomic E-state index is 2.40. The van der Waals surface area contributed by atoms with E-state index in [0.29, 0.717) is 0 Å². The van der Waals surface area contributed by atoms with E-state index in [4.69, 9.17) is 0 Å². The molecule has 0 N–H and O–H groups in total. The van der Waals surface area contributed by atoms with E-state index < -0.39 is 0 Å². The fourth-order valence-corrected chi connectivity index (χ4v) is 7.50. The van der Waals surface area contributed by atoms with Crippen molar-refractivity contribution in [2.45, 2.75) is 0 Å². The van der Waals surface area contributed by atoms with Gasteiger partial charge < -0.3 is 4.90 Å². The minimum Gasteiger partial charge on any atom is -0.310 e. The Labute approximate surface area is 324 Å². The van der Waals surface area contributed by atoms with Gasteiger partial charge in [0.05, 0.1) is 5.69 Å². The molecular weight excluding hydrogens is 663 g/mol. The Bertz CT molecular complexity index is 2550. The molecule has 9 rings (SSSR count). The van der Waals surface area contributed by atoms with Gasteiger partial charge in [-0.05, 0) is 104 Å². The summed E-state index contributed by atoms with van der Waals surface area (Å²) in [6, 6.07) is 85.1. The van der Waals surface area contributed by atoms with Gasteiger partial charge in [0.15, 0.2) is 0 Å². The smallest absolute Gasteiger partial charge is 0.0540 e. The minimum atomic E-state index is 1.09. The molecule has 0 unspecified atom stereocenters. The Morgan fingerprint density at radius 1 is 0.200 bits per heavy atom. The summed E-state index contributed by atoms with van der Waals surface area (Å²) in [5, 5.41) is 0. The van der Waals surface area contributed by atoms with E-state index in [1.54, 1.807) is 0 Å². The highest BCUT2D eigenvalue weighted by Crippen LogP contribution is 2.45. The molecule has 9 aromatic carbocycles. The lowest BCUT2D eigenvalue weighted by Crippen LogP contribution is -2.11. The largest absolute Gasteiger partial charge is 0.310 e. The van der Waals surface area contributed by atoms with Gasteiger partial charge in [0.25, 0.3) is 0 Å². The molecule has 0 spiro atoms. The number of anilines is 3. The van der Waals surface area contributed by atoms with Crippen molar-refractivity contribution in [1.29, 1.82) is 0 Å². The summed E-state index contributed by atoms with van der Waals surface area (Å²) in [4.78, 5) is 2.40. The topological polar surface area (TPSA) is 3.24 Å². The van der Waals surface area contributed by atoms with E-state index in [1.807, 2.05) is 0 Å². The molecule has 0 atom stereocenters. The Morgan fingerprint density at radius 2 is 0.527 bits per heavy atom. The van der Waals surface area contributed by atoms with Crippen LogP contribution in [0.4, 0.5) is 17.1 Å². The Kier molecular flexibility index (Phi) is 9.41. The monoisotopic (exact) mass is 701 g/mol. The first-order valence-electron chi connectivity index (χ1n) is 18.8. The number of benzene rings is 9. The van der Waals surface area contributed by atoms with Crippen LogP contribution in [-0.4, -0.2) is 0 Å². The number of hydrogen-bond donors (Lipinski definition) is 0. The van der Waals surface area contributed by atoms with Crippen LogP contribution in [0.2, 0.25) is 0 Å². The van der Waals surface area contributed by atoms with Crippen LogP contribution >= 0.6 is 0 Å². The third-order valence-electron chi connectivity index (χ3n) is 10.3. The lowest BCUT2D eigenvalue weighted by atomic mass is 9.89. The van der Waals surface area contributed by atoms with Gasteiger partial charge in [-0.1, -0.05) is 194 Å². The van der Waals surface area contributed by atoms with Crippen molar-refractivity contribution in [3.63, 3.8) is 0 Å². The highest BCUT2D eigenvalue weighted by atomic mass is 15.1. The van der Waals surface area contributed by atoms with E-state index >= 15 is 0 Å². The molecule has 0 fully saturated rings. The SMILES string of the molecule is c1ccc(-c2ccc(N(c3ccc(-c4ccccc4)cc3)c3ccc(-c4cc(-c5ccccc5)ccc4-c4ccccc4)cc3-c3ccccc3)cc2)cc1. The summed E-state index contributed by atoms with van der Waals surface area (Å²) < 4.78 is 0. The first-order chi connectivity index (χ1) is 27.3. The molecule has 0 heterocycles. The van der Waals surface area contributed by atoms with Crippen molar-refractivity contribution in [3.8, 4) is 66.8 Å². The predicted molar refractivity (Wildman–Crippen MR) is 234 cm³/mol. The Hall–Kier alpha value is -7.22. The molecule has 0 saturated carbocycles. The van der Waals surface area contributed by atoms with Gasteiger partial charge in [0.1, 0.15) is 0 Å². The van der Waals surface area contributed by atoms with E-state index in [1.165, 1.54) is 50.1 Å². The van der Waals surface area contributed by atoms with Gasteiger partial charge in [0.2, 0.25) is 0 Å². The molecule has 0 aliphatic heterocycles. The summed E-state index contributed by atoms with van der Waals surface area (Å²) >= 11 is 0. The third kappa shape index (κ3) is 7.12. The van der Waals surface area contributed by atoms with Crippen molar-refractivity contribution < 1.29 is 0 Å². The third-order valence-corrected chi connectivity index (χ3v) is 10.3. The highest BCUT2D eigenvalue weighted by Gasteiger charge is 2.20. The van der Waals surface area contributed by atoms with Crippen molar-refractivity contribution in [2.24, 2.45) is 0 Å². The van der Waals surface area contributed by atoms with Gasteiger partial charge >= 0.3 is 0 Å². The zero-order valence-electron chi connectivity index (χ0n) is 30.5. The number of nitrogens with zero attached hydrogens (tertiary/aromatic N) is 1. The molecule has 55 heavy (non-hydrogen) atoms. The Morgan fingerprint density at radius 3 is 0.982 bits per heavy atom. The summed E-state index contributed by atoms with van der Waals surface area (Å²) in [6.45, 7) is 0.